The molecule has 2 atom stereocenters. The number of esters is 2. The molecule has 218 valence electrons. The number of hydrogen-bond acceptors (Lipinski definition) is 7. The molecule has 0 heterocycles. The van der Waals surface area contributed by atoms with Gasteiger partial charge in [0.1, 0.15) is 13.2 Å². The number of rotatable bonds is 15. The molecule has 0 bridgehead atoms. The molecule has 4 aromatic rings. The SMILES string of the molecule is Nc1cccc(CP(=O)(CC(CCC(=O)OCc2ccccc2)C(=O)OCc2ccccc2)OCc2ccccc2)c1. The first kappa shape index (κ1) is 30.8. The smallest absolute Gasteiger partial charge is 0.309 e. The Bertz CT molecular complexity index is 1460. The molecule has 4 rings (SSSR count). The van der Waals surface area contributed by atoms with Crippen LogP contribution in [0.4, 0.5) is 5.69 Å². The molecule has 4 aromatic carbocycles. The van der Waals surface area contributed by atoms with Crippen LogP contribution in [0.1, 0.15) is 35.1 Å². The van der Waals surface area contributed by atoms with Gasteiger partial charge in [-0.1, -0.05) is 103 Å². The van der Waals surface area contributed by atoms with Crippen LogP contribution in [0.15, 0.2) is 115 Å². The molecule has 7 nitrogen and oxygen atoms in total. The van der Waals surface area contributed by atoms with E-state index in [2.05, 4.69) is 0 Å². The van der Waals surface area contributed by atoms with Gasteiger partial charge < -0.3 is 19.7 Å². The molecule has 2 N–H and O–H groups in total. The normalized spacial score (nSPS) is 13.0. The van der Waals surface area contributed by atoms with Gasteiger partial charge in [-0.3, -0.25) is 14.2 Å². The average molecular weight is 586 g/mol. The lowest BCUT2D eigenvalue weighted by molar-refractivity contribution is -0.150. The van der Waals surface area contributed by atoms with Crippen molar-refractivity contribution < 1.29 is 28.2 Å². The average Bonchev–Trinajstić information content (AvgIpc) is 3.01. The topological polar surface area (TPSA) is 105 Å². The molecule has 0 saturated carbocycles. The van der Waals surface area contributed by atoms with Gasteiger partial charge in [-0.05, 0) is 40.8 Å². The lowest BCUT2D eigenvalue weighted by Crippen LogP contribution is -2.24. The molecule has 0 amide bonds. The quantitative estimate of drug-likeness (QED) is 0.0898. The predicted octanol–water partition coefficient (Wildman–Crippen LogP) is 7.15. The Hall–Kier alpha value is -4.19. The monoisotopic (exact) mass is 585 g/mol. The van der Waals surface area contributed by atoms with Gasteiger partial charge in [0, 0.05) is 24.4 Å². The van der Waals surface area contributed by atoms with E-state index in [0.717, 1.165) is 22.3 Å². The zero-order valence-electron chi connectivity index (χ0n) is 23.5. The highest BCUT2D eigenvalue weighted by atomic mass is 31.2. The van der Waals surface area contributed by atoms with Gasteiger partial charge in [0.15, 0.2) is 0 Å². The molecule has 0 aromatic heterocycles. The molecular formula is C34H36NO6P. The second-order valence-corrected chi connectivity index (χ2v) is 12.7. The first-order valence-electron chi connectivity index (χ1n) is 13.9. The highest BCUT2D eigenvalue weighted by Crippen LogP contribution is 2.53. The van der Waals surface area contributed by atoms with E-state index in [4.69, 9.17) is 19.7 Å². The minimum absolute atomic E-state index is 0.0328. The summed E-state index contributed by atoms with van der Waals surface area (Å²) in [5, 5.41) is 0. The summed E-state index contributed by atoms with van der Waals surface area (Å²) in [7, 11) is -3.46. The maximum atomic E-state index is 14.4. The molecule has 42 heavy (non-hydrogen) atoms. The van der Waals surface area contributed by atoms with Crippen molar-refractivity contribution in [1.82, 2.24) is 0 Å². The van der Waals surface area contributed by atoms with Gasteiger partial charge in [0.2, 0.25) is 7.37 Å². The van der Waals surface area contributed by atoms with E-state index in [0.29, 0.717) is 5.69 Å². The molecule has 2 unspecified atom stereocenters. The van der Waals surface area contributed by atoms with Gasteiger partial charge in [-0.15, -0.1) is 0 Å². The van der Waals surface area contributed by atoms with Crippen molar-refractivity contribution in [2.24, 2.45) is 5.92 Å². The number of carbonyl (C=O) groups is 2. The van der Waals surface area contributed by atoms with Gasteiger partial charge in [0.05, 0.1) is 12.5 Å². The van der Waals surface area contributed by atoms with Crippen LogP contribution in [0.2, 0.25) is 0 Å². The van der Waals surface area contributed by atoms with Crippen LogP contribution in [-0.4, -0.2) is 18.1 Å². The maximum Gasteiger partial charge on any atom is 0.309 e. The van der Waals surface area contributed by atoms with Crippen molar-refractivity contribution in [1.29, 1.82) is 0 Å². The molecule has 0 spiro atoms. The Morgan fingerprint density at radius 1 is 0.667 bits per heavy atom. The van der Waals surface area contributed by atoms with Crippen molar-refractivity contribution in [3.63, 3.8) is 0 Å². The van der Waals surface area contributed by atoms with Crippen LogP contribution in [0.3, 0.4) is 0 Å². The molecule has 0 radical (unpaired) electrons. The summed E-state index contributed by atoms with van der Waals surface area (Å²) in [6, 6.07) is 35.2. The van der Waals surface area contributed by atoms with Crippen LogP contribution >= 0.6 is 7.37 Å². The molecular weight excluding hydrogens is 549 g/mol. The van der Waals surface area contributed by atoms with Crippen LogP contribution < -0.4 is 5.73 Å². The molecule has 0 aliphatic rings. The third-order valence-corrected chi connectivity index (χ3v) is 9.12. The summed E-state index contributed by atoms with van der Waals surface area (Å²) >= 11 is 0. The number of ether oxygens (including phenoxy) is 2. The van der Waals surface area contributed by atoms with E-state index >= 15 is 0 Å². The van der Waals surface area contributed by atoms with E-state index in [1.54, 1.807) is 18.2 Å². The third kappa shape index (κ3) is 10.3. The Labute approximate surface area is 247 Å². The van der Waals surface area contributed by atoms with E-state index in [1.165, 1.54) is 0 Å². The molecule has 0 saturated heterocycles. The fraction of sp³-hybridized carbons (Fsp3) is 0.235. The molecule has 8 heteroatoms. The van der Waals surface area contributed by atoms with Crippen LogP contribution in [0.5, 0.6) is 0 Å². The van der Waals surface area contributed by atoms with E-state index in [1.807, 2.05) is 97.1 Å². The van der Waals surface area contributed by atoms with Crippen molar-refractivity contribution in [3.05, 3.63) is 138 Å². The first-order chi connectivity index (χ1) is 20.4. The standard InChI is InChI=1S/C34H36NO6P/c35-32-18-10-17-30(21-32)25-42(38,41-24-29-15-8-3-9-16-29)26-31(34(37)40-23-28-13-6-2-7-14-28)19-20-33(36)39-22-27-11-4-1-5-12-27/h1-18,21,31H,19-20,22-26,35H2. The number of anilines is 1. The van der Waals surface area contributed by atoms with Crippen molar-refractivity contribution in [3.8, 4) is 0 Å². The molecule has 0 fully saturated rings. The minimum atomic E-state index is -3.46. The zero-order chi connectivity index (χ0) is 29.6. The highest BCUT2D eigenvalue weighted by Gasteiger charge is 2.33. The largest absolute Gasteiger partial charge is 0.461 e. The lowest BCUT2D eigenvalue weighted by atomic mass is 10.1. The second kappa shape index (κ2) is 15.7. The Morgan fingerprint density at radius 3 is 1.76 bits per heavy atom. The summed E-state index contributed by atoms with van der Waals surface area (Å²) in [6.45, 7) is 0.321. The van der Waals surface area contributed by atoms with Crippen LogP contribution in [0.25, 0.3) is 0 Å². The van der Waals surface area contributed by atoms with Gasteiger partial charge in [-0.2, -0.15) is 0 Å². The Kier molecular flexibility index (Phi) is 11.5. The number of benzene rings is 4. The predicted molar refractivity (Wildman–Crippen MR) is 163 cm³/mol. The number of nitrogen functional groups attached to an aromatic ring is 1. The van der Waals surface area contributed by atoms with Gasteiger partial charge >= 0.3 is 11.9 Å². The minimum Gasteiger partial charge on any atom is -0.461 e. The Balaban J connectivity index is 1.49. The Morgan fingerprint density at radius 2 is 1.19 bits per heavy atom. The summed E-state index contributed by atoms with van der Waals surface area (Å²) < 4.78 is 31.6. The summed E-state index contributed by atoms with van der Waals surface area (Å²) in [6.07, 6.45) is 0.0752. The fourth-order valence-corrected chi connectivity index (χ4v) is 6.93. The van der Waals surface area contributed by atoms with E-state index in [9.17, 15) is 14.2 Å². The molecule has 0 aliphatic heterocycles. The number of nitrogens with two attached hydrogens (primary N) is 1. The van der Waals surface area contributed by atoms with Gasteiger partial charge in [-0.25, -0.2) is 0 Å². The fourth-order valence-electron chi connectivity index (χ4n) is 4.47. The van der Waals surface area contributed by atoms with E-state index in [-0.39, 0.29) is 45.0 Å². The van der Waals surface area contributed by atoms with Crippen molar-refractivity contribution in [2.75, 3.05) is 11.9 Å². The van der Waals surface area contributed by atoms with Crippen molar-refractivity contribution >= 4 is 25.0 Å². The third-order valence-electron chi connectivity index (χ3n) is 6.68. The highest BCUT2D eigenvalue weighted by molar-refractivity contribution is 7.58. The summed E-state index contributed by atoms with van der Waals surface area (Å²) in [4.78, 5) is 26.0. The van der Waals surface area contributed by atoms with Crippen LogP contribution in [0, 0.1) is 5.92 Å². The summed E-state index contributed by atoms with van der Waals surface area (Å²) in [5.74, 6) is -1.83. The zero-order valence-corrected chi connectivity index (χ0v) is 24.4. The van der Waals surface area contributed by atoms with Crippen molar-refractivity contribution in [2.45, 2.75) is 38.8 Å². The van der Waals surface area contributed by atoms with Crippen LogP contribution in [-0.2, 0) is 54.1 Å². The van der Waals surface area contributed by atoms with Gasteiger partial charge in [0.25, 0.3) is 0 Å². The summed E-state index contributed by atoms with van der Waals surface area (Å²) in [5.41, 5.74) is 9.82. The first-order valence-corrected chi connectivity index (χ1v) is 15.9. The van der Waals surface area contributed by atoms with E-state index < -0.39 is 25.2 Å². The number of hydrogen-bond donors (Lipinski definition) is 1. The maximum absolute atomic E-state index is 14.4. The lowest BCUT2D eigenvalue weighted by Gasteiger charge is -2.24. The molecule has 0 aliphatic carbocycles. The second-order valence-electron chi connectivity index (χ2n) is 10.1. The number of carbonyl (C=O) groups excluding carboxylic acids is 2.